The molecular formula is C24H26FN3O2S. The Morgan fingerprint density at radius 3 is 2.65 bits per heavy atom. The van der Waals surface area contributed by atoms with E-state index in [1.165, 1.54) is 41.9 Å². The summed E-state index contributed by atoms with van der Waals surface area (Å²) in [4.78, 5) is 18.4. The summed E-state index contributed by atoms with van der Waals surface area (Å²) in [6, 6.07) is 14.2. The number of piperidine rings is 1. The maximum absolute atomic E-state index is 13.3. The molecule has 7 heteroatoms. The molecular weight excluding hydrogens is 413 g/mol. The molecule has 3 heterocycles. The van der Waals surface area contributed by atoms with Crippen LogP contribution in [0, 0.1) is 5.82 Å². The molecule has 2 aromatic carbocycles. The van der Waals surface area contributed by atoms with E-state index in [2.05, 4.69) is 27.3 Å². The lowest BCUT2D eigenvalue weighted by Gasteiger charge is -2.39. The van der Waals surface area contributed by atoms with E-state index < -0.39 is 0 Å². The SMILES string of the molecule is CC(=O)N[C@@H]1C[C@H]2CC[C@@H](C1)N2CCc1ccc(Oc2nc3cc(F)ccc3s2)cc1. The first-order valence-corrected chi connectivity index (χ1v) is 11.7. The Bertz CT molecular complexity index is 1070. The van der Waals surface area contributed by atoms with Crippen molar-refractivity contribution in [3.63, 3.8) is 0 Å². The molecule has 5 rings (SSSR count). The van der Waals surface area contributed by atoms with Gasteiger partial charge < -0.3 is 10.1 Å². The number of fused-ring (bicyclic) bond motifs is 3. The molecule has 2 bridgehead atoms. The van der Waals surface area contributed by atoms with E-state index in [9.17, 15) is 9.18 Å². The van der Waals surface area contributed by atoms with Crippen LogP contribution < -0.4 is 10.1 Å². The smallest absolute Gasteiger partial charge is 0.279 e. The predicted octanol–water partition coefficient (Wildman–Crippen LogP) is 4.90. The fraction of sp³-hybridized carbons (Fsp3) is 0.417. The molecule has 5 nitrogen and oxygen atoms in total. The molecule has 3 atom stereocenters. The van der Waals surface area contributed by atoms with Crippen molar-refractivity contribution < 1.29 is 13.9 Å². The van der Waals surface area contributed by atoms with Crippen LogP contribution in [0.1, 0.15) is 38.2 Å². The average molecular weight is 440 g/mol. The van der Waals surface area contributed by atoms with Gasteiger partial charge in [0.1, 0.15) is 11.6 Å². The lowest BCUT2D eigenvalue weighted by atomic mass is 9.96. The average Bonchev–Trinajstić information content (AvgIpc) is 3.23. The number of rotatable bonds is 6. The van der Waals surface area contributed by atoms with E-state index in [-0.39, 0.29) is 11.7 Å². The minimum absolute atomic E-state index is 0.0816. The molecule has 1 aromatic heterocycles. The molecule has 1 amide bonds. The fourth-order valence-corrected chi connectivity index (χ4v) is 5.87. The zero-order valence-electron chi connectivity index (χ0n) is 17.5. The topological polar surface area (TPSA) is 54.5 Å². The molecule has 0 unspecified atom stereocenters. The number of carbonyl (C=O) groups is 1. The van der Waals surface area contributed by atoms with Gasteiger partial charge in [0, 0.05) is 37.7 Å². The maximum Gasteiger partial charge on any atom is 0.279 e. The fourth-order valence-electron chi connectivity index (χ4n) is 5.05. The van der Waals surface area contributed by atoms with E-state index in [1.807, 2.05) is 12.1 Å². The van der Waals surface area contributed by atoms with Crippen LogP contribution in [0.4, 0.5) is 4.39 Å². The molecule has 2 fully saturated rings. The van der Waals surface area contributed by atoms with Crippen LogP contribution in [-0.4, -0.2) is 40.5 Å². The van der Waals surface area contributed by atoms with Crippen molar-refractivity contribution >= 4 is 27.5 Å². The Morgan fingerprint density at radius 1 is 1.19 bits per heavy atom. The van der Waals surface area contributed by atoms with Crippen LogP contribution in [0.15, 0.2) is 42.5 Å². The highest BCUT2D eigenvalue weighted by Gasteiger charge is 2.40. The minimum Gasteiger partial charge on any atom is -0.431 e. The van der Waals surface area contributed by atoms with Gasteiger partial charge >= 0.3 is 0 Å². The van der Waals surface area contributed by atoms with Gasteiger partial charge in [0.15, 0.2) is 0 Å². The van der Waals surface area contributed by atoms with Crippen molar-refractivity contribution in [3.8, 4) is 10.9 Å². The summed E-state index contributed by atoms with van der Waals surface area (Å²) < 4.78 is 20.1. The molecule has 2 saturated heterocycles. The molecule has 31 heavy (non-hydrogen) atoms. The predicted molar refractivity (Wildman–Crippen MR) is 120 cm³/mol. The van der Waals surface area contributed by atoms with Gasteiger partial charge in [0.2, 0.25) is 5.91 Å². The van der Waals surface area contributed by atoms with Crippen molar-refractivity contribution in [3.05, 3.63) is 53.8 Å². The Balaban J connectivity index is 1.17. The molecule has 2 aliphatic heterocycles. The Morgan fingerprint density at radius 2 is 1.94 bits per heavy atom. The summed E-state index contributed by atoms with van der Waals surface area (Å²) >= 11 is 1.41. The van der Waals surface area contributed by atoms with Crippen LogP contribution in [0.25, 0.3) is 10.2 Å². The zero-order valence-corrected chi connectivity index (χ0v) is 18.3. The van der Waals surface area contributed by atoms with Gasteiger partial charge in [0.05, 0.1) is 10.2 Å². The van der Waals surface area contributed by atoms with Crippen LogP contribution in [0.3, 0.4) is 0 Å². The van der Waals surface area contributed by atoms with Gasteiger partial charge in [-0.25, -0.2) is 9.37 Å². The number of benzene rings is 2. The number of carbonyl (C=O) groups excluding carboxylic acids is 1. The van der Waals surface area contributed by atoms with Crippen molar-refractivity contribution in [2.45, 2.75) is 57.2 Å². The third kappa shape index (κ3) is 4.57. The molecule has 0 spiro atoms. The Hall–Kier alpha value is -2.51. The second-order valence-electron chi connectivity index (χ2n) is 8.58. The lowest BCUT2D eigenvalue weighted by Crippen LogP contribution is -2.50. The largest absolute Gasteiger partial charge is 0.431 e. The number of hydrogen-bond acceptors (Lipinski definition) is 5. The first kappa shape index (κ1) is 20.4. The first-order valence-electron chi connectivity index (χ1n) is 10.9. The summed E-state index contributed by atoms with van der Waals surface area (Å²) in [5.41, 5.74) is 1.90. The molecule has 0 radical (unpaired) electrons. The van der Waals surface area contributed by atoms with Gasteiger partial charge in [-0.3, -0.25) is 9.69 Å². The van der Waals surface area contributed by atoms with Gasteiger partial charge in [-0.2, -0.15) is 0 Å². The number of aromatic nitrogens is 1. The summed E-state index contributed by atoms with van der Waals surface area (Å²) in [5.74, 6) is 0.527. The van der Waals surface area contributed by atoms with Crippen LogP contribution >= 0.6 is 11.3 Å². The molecule has 1 N–H and O–H groups in total. The number of amides is 1. The first-order chi connectivity index (χ1) is 15.0. The van der Waals surface area contributed by atoms with Crippen LogP contribution in [0.5, 0.6) is 10.9 Å². The molecule has 2 aliphatic rings. The third-order valence-electron chi connectivity index (χ3n) is 6.41. The molecule has 0 saturated carbocycles. The van der Waals surface area contributed by atoms with Gasteiger partial charge in [0.25, 0.3) is 5.19 Å². The number of hydrogen-bond donors (Lipinski definition) is 1. The van der Waals surface area contributed by atoms with E-state index in [1.54, 1.807) is 13.0 Å². The van der Waals surface area contributed by atoms with Crippen molar-refractivity contribution in [2.24, 2.45) is 0 Å². The number of thiazole rings is 1. The Labute approximate surface area is 185 Å². The zero-order chi connectivity index (χ0) is 21.4. The highest BCUT2D eigenvalue weighted by Crippen LogP contribution is 2.36. The van der Waals surface area contributed by atoms with E-state index >= 15 is 0 Å². The number of nitrogens with one attached hydrogen (secondary N) is 1. The molecule has 162 valence electrons. The summed E-state index contributed by atoms with van der Waals surface area (Å²) in [7, 11) is 0. The lowest BCUT2D eigenvalue weighted by molar-refractivity contribution is -0.120. The summed E-state index contributed by atoms with van der Waals surface area (Å²) in [6.45, 7) is 2.66. The van der Waals surface area contributed by atoms with Crippen molar-refractivity contribution in [1.29, 1.82) is 0 Å². The van der Waals surface area contributed by atoms with Gasteiger partial charge in [-0.1, -0.05) is 23.5 Å². The van der Waals surface area contributed by atoms with E-state index in [0.717, 1.165) is 36.3 Å². The molecule has 3 aromatic rings. The van der Waals surface area contributed by atoms with Crippen LogP contribution in [-0.2, 0) is 11.2 Å². The van der Waals surface area contributed by atoms with Gasteiger partial charge in [-0.15, -0.1) is 0 Å². The summed E-state index contributed by atoms with van der Waals surface area (Å²) in [6.07, 6.45) is 5.60. The normalized spacial score (nSPS) is 23.2. The summed E-state index contributed by atoms with van der Waals surface area (Å²) in [5, 5.41) is 3.63. The number of ether oxygens (including phenoxy) is 1. The Kier molecular flexibility index (Phi) is 5.63. The highest BCUT2D eigenvalue weighted by molar-refractivity contribution is 7.20. The van der Waals surface area contributed by atoms with Crippen LogP contribution in [0.2, 0.25) is 0 Å². The van der Waals surface area contributed by atoms with Gasteiger partial charge in [-0.05, 0) is 61.9 Å². The van der Waals surface area contributed by atoms with E-state index in [0.29, 0.717) is 28.8 Å². The maximum atomic E-state index is 13.3. The third-order valence-corrected chi connectivity index (χ3v) is 7.32. The van der Waals surface area contributed by atoms with Crippen molar-refractivity contribution in [1.82, 2.24) is 15.2 Å². The number of halogens is 1. The second kappa shape index (κ2) is 8.55. The van der Waals surface area contributed by atoms with Crippen molar-refractivity contribution in [2.75, 3.05) is 6.54 Å². The minimum atomic E-state index is -0.290. The van der Waals surface area contributed by atoms with E-state index in [4.69, 9.17) is 4.74 Å². The molecule has 0 aliphatic carbocycles. The number of nitrogens with zero attached hydrogens (tertiary/aromatic N) is 2. The quantitative estimate of drug-likeness (QED) is 0.593. The standard InChI is InChI=1S/C24H26FN3O2S/c1-15(29)26-18-13-19-5-6-20(14-18)28(19)11-10-16-2-7-21(8-3-16)30-24-27-22-12-17(25)4-9-23(22)31-24/h2-4,7-9,12,18-20H,5-6,10-11,13-14H2,1H3,(H,26,29)/t18-,19-,20+. The highest BCUT2D eigenvalue weighted by atomic mass is 32.1. The monoisotopic (exact) mass is 439 g/mol. The second-order valence-corrected chi connectivity index (χ2v) is 9.57.